The Morgan fingerprint density at radius 3 is 2.69 bits per heavy atom. The summed E-state index contributed by atoms with van der Waals surface area (Å²) in [4.78, 5) is 11.4. The Morgan fingerprint density at radius 1 is 1.69 bits per heavy atom. The highest BCUT2D eigenvalue weighted by Crippen LogP contribution is 2.20. The van der Waals surface area contributed by atoms with Crippen LogP contribution in [0.3, 0.4) is 0 Å². The molecular formula is C8H17ClN2O2. The summed E-state index contributed by atoms with van der Waals surface area (Å²) in [5.41, 5.74) is -0.449. The zero-order valence-corrected chi connectivity index (χ0v) is 9.03. The third kappa shape index (κ3) is 2.56. The molecule has 2 N–H and O–H groups in total. The summed E-state index contributed by atoms with van der Waals surface area (Å²) in [6.07, 6.45) is 0.899. The van der Waals surface area contributed by atoms with Gasteiger partial charge in [0.2, 0.25) is 5.91 Å². The Labute approximate surface area is 84.8 Å². The van der Waals surface area contributed by atoms with Crippen molar-refractivity contribution in [2.75, 3.05) is 20.7 Å². The van der Waals surface area contributed by atoms with Gasteiger partial charge in [0.05, 0.1) is 11.6 Å². The van der Waals surface area contributed by atoms with Crippen molar-refractivity contribution >= 4 is 18.3 Å². The number of hydrogen-bond donors (Lipinski definition) is 2. The van der Waals surface area contributed by atoms with Gasteiger partial charge in [0.1, 0.15) is 0 Å². The molecule has 1 amide bonds. The van der Waals surface area contributed by atoms with Crippen LogP contribution in [0, 0.1) is 0 Å². The second-order valence-electron chi connectivity index (χ2n) is 3.35. The molecule has 1 aliphatic rings. The Kier molecular flexibility index (Phi) is 4.67. The predicted molar refractivity (Wildman–Crippen MR) is 53.1 cm³/mol. The van der Waals surface area contributed by atoms with Gasteiger partial charge in [-0.05, 0) is 6.92 Å². The van der Waals surface area contributed by atoms with Crippen molar-refractivity contribution in [1.29, 1.82) is 0 Å². The quantitative estimate of drug-likeness (QED) is 0.668. The zero-order chi connectivity index (χ0) is 9.19. The van der Waals surface area contributed by atoms with Gasteiger partial charge in [0.15, 0.2) is 0 Å². The molecule has 13 heavy (non-hydrogen) atoms. The number of carbonyl (C=O) groups excluding carboxylic acids is 1. The molecule has 0 bridgehead atoms. The maximum absolute atomic E-state index is 11.4. The number of methoxy groups -OCH3 is 1. The Balaban J connectivity index is 0.00000144. The molecule has 5 heteroatoms. The average Bonchev–Trinajstić information content (AvgIpc) is 2.47. The van der Waals surface area contributed by atoms with Gasteiger partial charge in [0, 0.05) is 27.1 Å². The maximum Gasteiger partial charge on any atom is 0.239 e. The van der Waals surface area contributed by atoms with E-state index in [2.05, 4.69) is 10.6 Å². The summed E-state index contributed by atoms with van der Waals surface area (Å²) in [7, 11) is 3.32. The lowest BCUT2D eigenvalue weighted by Gasteiger charge is -2.21. The van der Waals surface area contributed by atoms with E-state index in [4.69, 9.17) is 4.74 Å². The number of halogens is 1. The molecule has 2 atom stereocenters. The number of hydrogen-bond acceptors (Lipinski definition) is 3. The van der Waals surface area contributed by atoms with Gasteiger partial charge >= 0.3 is 0 Å². The van der Waals surface area contributed by atoms with E-state index in [0.717, 1.165) is 13.0 Å². The molecule has 0 aliphatic carbocycles. The van der Waals surface area contributed by atoms with Crippen LogP contribution in [0.4, 0.5) is 0 Å². The minimum absolute atomic E-state index is 0. The minimum Gasteiger partial charge on any atom is -0.380 e. The number of amides is 1. The molecule has 1 rings (SSSR count). The summed E-state index contributed by atoms with van der Waals surface area (Å²) < 4.78 is 5.16. The summed E-state index contributed by atoms with van der Waals surface area (Å²) in [5, 5.41) is 5.78. The second-order valence-corrected chi connectivity index (χ2v) is 3.35. The highest BCUT2D eigenvalue weighted by molar-refractivity contribution is 5.86. The molecule has 4 nitrogen and oxygen atoms in total. The molecule has 1 saturated heterocycles. The van der Waals surface area contributed by atoms with Crippen molar-refractivity contribution in [3.05, 3.63) is 0 Å². The van der Waals surface area contributed by atoms with Crippen molar-refractivity contribution in [1.82, 2.24) is 10.6 Å². The zero-order valence-electron chi connectivity index (χ0n) is 8.22. The number of rotatable bonds is 2. The van der Waals surface area contributed by atoms with Crippen LogP contribution in [0.25, 0.3) is 0 Å². The summed E-state index contributed by atoms with van der Waals surface area (Å²) in [5.74, 6) is 0.0297. The number of likely N-dealkylation sites (N-methyl/N-ethyl adjacent to an activating group) is 1. The van der Waals surface area contributed by atoms with E-state index < -0.39 is 5.54 Å². The van der Waals surface area contributed by atoms with Gasteiger partial charge in [0.25, 0.3) is 0 Å². The molecule has 1 fully saturated rings. The molecule has 0 radical (unpaired) electrons. The van der Waals surface area contributed by atoms with Crippen LogP contribution in [0.2, 0.25) is 0 Å². The minimum atomic E-state index is -0.449. The van der Waals surface area contributed by atoms with Crippen LogP contribution in [-0.4, -0.2) is 38.3 Å². The second kappa shape index (κ2) is 4.79. The first-order valence-corrected chi connectivity index (χ1v) is 4.12. The van der Waals surface area contributed by atoms with Gasteiger partial charge in [-0.25, -0.2) is 0 Å². The first kappa shape index (κ1) is 12.7. The van der Waals surface area contributed by atoms with Crippen LogP contribution in [0.5, 0.6) is 0 Å². The maximum atomic E-state index is 11.4. The summed E-state index contributed by atoms with van der Waals surface area (Å²) in [6.45, 7) is 2.64. The lowest BCUT2D eigenvalue weighted by atomic mass is 9.98. The number of ether oxygens (including phenoxy) is 1. The van der Waals surface area contributed by atoms with Crippen molar-refractivity contribution in [2.24, 2.45) is 0 Å². The normalized spacial score (nSPS) is 32.4. The van der Waals surface area contributed by atoms with E-state index in [1.54, 1.807) is 14.2 Å². The van der Waals surface area contributed by atoms with Crippen LogP contribution in [-0.2, 0) is 9.53 Å². The fraction of sp³-hybridized carbons (Fsp3) is 0.875. The fourth-order valence-corrected chi connectivity index (χ4v) is 1.55. The summed E-state index contributed by atoms with van der Waals surface area (Å²) in [6, 6.07) is 0. The number of nitrogens with one attached hydrogen (secondary N) is 2. The molecule has 0 saturated carbocycles. The van der Waals surface area contributed by atoms with Crippen molar-refractivity contribution in [2.45, 2.75) is 25.0 Å². The van der Waals surface area contributed by atoms with Gasteiger partial charge in [-0.1, -0.05) is 0 Å². The lowest BCUT2D eigenvalue weighted by molar-refractivity contribution is -0.126. The third-order valence-corrected chi connectivity index (χ3v) is 2.42. The molecule has 0 spiro atoms. The molecule has 1 heterocycles. The lowest BCUT2D eigenvalue weighted by Crippen LogP contribution is -2.50. The molecular weight excluding hydrogens is 192 g/mol. The van der Waals surface area contributed by atoms with Crippen molar-refractivity contribution < 1.29 is 9.53 Å². The third-order valence-electron chi connectivity index (χ3n) is 2.42. The topological polar surface area (TPSA) is 50.4 Å². The van der Waals surface area contributed by atoms with Crippen LogP contribution < -0.4 is 10.6 Å². The number of carbonyl (C=O) groups is 1. The molecule has 0 aromatic heterocycles. The highest BCUT2D eigenvalue weighted by atomic mass is 35.5. The Hall–Kier alpha value is -0.320. The molecule has 0 aromatic carbocycles. The van der Waals surface area contributed by atoms with Gasteiger partial charge in [-0.3, -0.25) is 4.79 Å². The smallest absolute Gasteiger partial charge is 0.239 e. The first-order valence-electron chi connectivity index (χ1n) is 4.12. The van der Waals surface area contributed by atoms with Crippen molar-refractivity contribution in [3.8, 4) is 0 Å². The van der Waals surface area contributed by atoms with E-state index in [9.17, 15) is 4.79 Å². The predicted octanol–water partition coefficient (Wildman–Crippen LogP) is -0.0788. The molecule has 1 aliphatic heterocycles. The van der Waals surface area contributed by atoms with E-state index in [1.807, 2.05) is 6.92 Å². The van der Waals surface area contributed by atoms with Crippen LogP contribution in [0.1, 0.15) is 13.3 Å². The summed E-state index contributed by atoms with van der Waals surface area (Å²) >= 11 is 0. The largest absolute Gasteiger partial charge is 0.380 e. The monoisotopic (exact) mass is 208 g/mol. The molecule has 2 unspecified atom stereocenters. The van der Waals surface area contributed by atoms with Gasteiger partial charge < -0.3 is 15.4 Å². The molecule has 78 valence electrons. The van der Waals surface area contributed by atoms with Crippen LogP contribution >= 0.6 is 12.4 Å². The molecule has 0 aromatic rings. The Bertz CT molecular complexity index is 189. The van der Waals surface area contributed by atoms with Gasteiger partial charge in [-0.15, -0.1) is 12.4 Å². The standard InChI is InChI=1S/C8H16N2O2.ClH/c1-8(7(11)9-2)4-6(12-3)5-10-8;/h6,10H,4-5H2,1-3H3,(H,9,11);1H. The van der Waals surface area contributed by atoms with Crippen LogP contribution in [0.15, 0.2) is 0 Å². The van der Waals surface area contributed by atoms with Gasteiger partial charge in [-0.2, -0.15) is 0 Å². The fourth-order valence-electron chi connectivity index (χ4n) is 1.55. The average molecular weight is 209 g/mol. The van der Waals surface area contributed by atoms with Crippen molar-refractivity contribution in [3.63, 3.8) is 0 Å². The van der Waals surface area contributed by atoms with E-state index in [0.29, 0.717) is 0 Å². The SMILES string of the molecule is CNC(=O)C1(C)CC(OC)CN1.Cl. The van der Waals surface area contributed by atoms with E-state index >= 15 is 0 Å². The first-order chi connectivity index (χ1) is 5.62. The van der Waals surface area contributed by atoms with E-state index in [1.165, 1.54) is 0 Å². The highest BCUT2D eigenvalue weighted by Gasteiger charge is 2.40. The Morgan fingerprint density at radius 2 is 2.31 bits per heavy atom. The van der Waals surface area contributed by atoms with E-state index in [-0.39, 0.29) is 24.4 Å².